The minimum absolute atomic E-state index is 0.0239. The minimum atomic E-state index is 0.0239. The zero-order valence-corrected chi connectivity index (χ0v) is 16.9. The van der Waals surface area contributed by atoms with Gasteiger partial charge in [0.05, 0.1) is 0 Å². The van der Waals surface area contributed by atoms with Gasteiger partial charge in [0.2, 0.25) is 0 Å². The Labute approximate surface area is 144 Å². The topological polar surface area (TPSA) is 24.1 Å². The van der Waals surface area contributed by atoms with Gasteiger partial charge in [0.15, 0.2) is 5.11 Å². The van der Waals surface area contributed by atoms with E-state index in [4.69, 9.17) is 12.2 Å². The molecule has 1 saturated carbocycles. The number of hydrogen-bond donors (Lipinski definition) is 2. The van der Waals surface area contributed by atoms with Crippen molar-refractivity contribution in [3.8, 4) is 0 Å². The fourth-order valence-corrected chi connectivity index (χ4v) is 4.26. The molecule has 0 bridgehead atoms. The first-order chi connectivity index (χ1) is 9.97. The van der Waals surface area contributed by atoms with Crippen molar-refractivity contribution in [3.63, 3.8) is 0 Å². The van der Waals surface area contributed by atoms with Crippen LogP contribution in [0.25, 0.3) is 0 Å². The summed E-state index contributed by atoms with van der Waals surface area (Å²) in [6.07, 6.45) is 5.12. The molecule has 3 heteroatoms. The third-order valence-electron chi connectivity index (χ3n) is 5.25. The van der Waals surface area contributed by atoms with E-state index in [1.165, 1.54) is 25.7 Å². The Morgan fingerprint density at radius 3 is 1.73 bits per heavy atom. The molecule has 22 heavy (non-hydrogen) atoms. The number of rotatable bonds is 3. The summed E-state index contributed by atoms with van der Waals surface area (Å²) in [6.45, 7) is 18.3. The van der Waals surface area contributed by atoms with E-state index in [1.807, 2.05) is 0 Å². The van der Waals surface area contributed by atoms with Crippen LogP contribution in [0, 0.1) is 23.2 Å². The summed E-state index contributed by atoms with van der Waals surface area (Å²) < 4.78 is 0. The van der Waals surface area contributed by atoms with Gasteiger partial charge in [0.1, 0.15) is 0 Å². The normalized spacial score (nSPS) is 30.0. The fraction of sp³-hybridized carbons (Fsp3) is 0.947. The summed E-state index contributed by atoms with van der Waals surface area (Å²) in [5.74, 6) is 2.27. The monoisotopic (exact) mass is 326 g/mol. The van der Waals surface area contributed by atoms with Gasteiger partial charge in [-0.2, -0.15) is 0 Å². The molecule has 0 aromatic heterocycles. The molecule has 0 saturated heterocycles. The molecule has 1 aliphatic rings. The van der Waals surface area contributed by atoms with Gasteiger partial charge in [-0.15, -0.1) is 0 Å². The Bertz CT molecular complexity index is 351. The average molecular weight is 327 g/mol. The Morgan fingerprint density at radius 1 is 0.955 bits per heavy atom. The molecule has 0 aliphatic heterocycles. The van der Waals surface area contributed by atoms with Crippen molar-refractivity contribution in [3.05, 3.63) is 0 Å². The second kappa shape index (κ2) is 7.51. The highest BCUT2D eigenvalue weighted by Gasteiger charge is 2.40. The predicted octanol–water partition coefficient (Wildman–Crippen LogP) is 5.13. The molecule has 2 unspecified atom stereocenters. The van der Waals surface area contributed by atoms with Gasteiger partial charge in [-0.25, -0.2) is 0 Å². The lowest BCUT2D eigenvalue weighted by atomic mass is 9.62. The summed E-state index contributed by atoms with van der Waals surface area (Å²) in [7, 11) is 0. The highest BCUT2D eigenvalue weighted by molar-refractivity contribution is 7.80. The number of thiocarbonyl (C=S) groups is 1. The Hall–Kier alpha value is -0.310. The number of nitrogens with one attached hydrogen (secondary N) is 2. The van der Waals surface area contributed by atoms with Crippen LogP contribution in [0.3, 0.4) is 0 Å². The molecule has 0 radical (unpaired) electrons. The van der Waals surface area contributed by atoms with Crippen molar-refractivity contribution in [1.82, 2.24) is 10.6 Å². The molecule has 2 nitrogen and oxygen atoms in total. The van der Waals surface area contributed by atoms with Crippen molar-refractivity contribution < 1.29 is 0 Å². The second-order valence-corrected chi connectivity index (χ2v) is 9.65. The zero-order valence-electron chi connectivity index (χ0n) is 16.0. The van der Waals surface area contributed by atoms with Crippen molar-refractivity contribution >= 4 is 17.3 Å². The highest BCUT2D eigenvalue weighted by atomic mass is 32.1. The first-order valence-corrected chi connectivity index (χ1v) is 9.47. The molecule has 0 spiro atoms. The van der Waals surface area contributed by atoms with Crippen LogP contribution in [-0.2, 0) is 0 Å². The highest BCUT2D eigenvalue weighted by Crippen LogP contribution is 2.44. The second-order valence-electron chi connectivity index (χ2n) is 9.25. The molecule has 0 heterocycles. The Morgan fingerprint density at radius 2 is 1.41 bits per heavy atom. The summed E-state index contributed by atoms with van der Waals surface area (Å²) in [4.78, 5) is 0. The van der Waals surface area contributed by atoms with Gasteiger partial charge in [-0.1, -0.05) is 47.5 Å². The van der Waals surface area contributed by atoms with E-state index < -0.39 is 0 Å². The maximum absolute atomic E-state index is 5.57. The standard InChI is InChI=1S/C19H38N2S/c1-9-13-11-15(18(3,4)5)12-14(10-2)16(13)20-17(22)21-19(6,7)8/h13-16H,9-12H2,1-8H3,(H2,20,21,22). The predicted molar refractivity (Wildman–Crippen MR) is 102 cm³/mol. The van der Waals surface area contributed by atoms with E-state index >= 15 is 0 Å². The Kier molecular flexibility index (Phi) is 6.73. The van der Waals surface area contributed by atoms with Gasteiger partial charge in [0.25, 0.3) is 0 Å². The van der Waals surface area contributed by atoms with Gasteiger partial charge in [-0.3, -0.25) is 0 Å². The molecule has 130 valence electrons. The third kappa shape index (κ3) is 5.72. The van der Waals surface area contributed by atoms with E-state index in [-0.39, 0.29) is 5.54 Å². The lowest BCUT2D eigenvalue weighted by molar-refractivity contribution is 0.0716. The summed E-state index contributed by atoms with van der Waals surface area (Å²) in [5, 5.41) is 7.91. The molecule has 1 rings (SSSR count). The van der Waals surface area contributed by atoms with E-state index in [9.17, 15) is 0 Å². The van der Waals surface area contributed by atoms with Crippen LogP contribution in [-0.4, -0.2) is 16.7 Å². The SMILES string of the molecule is CCC1CC(C(C)(C)C)CC(CC)C1NC(=S)NC(C)(C)C. The molecule has 0 aromatic rings. The summed E-state index contributed by atoms with van der Waals surface area (Å²) in [6, 6.07) is 0.524. The molecule has 2 atom stereocenters. The fourth-order valence-electron chi connectivity index (χ4n) is 3.82. The van der Waals surface area contributed by atoms with E-state index in [0.717, 1.165) is 22.9 Å². The van der Waals surface area contributed by atoms with Crippen LogP contribution in [0.4, 0.5) is 0 Å². The van der Waals surface area contributed by atoms with E-state index in [2.05, 4.69) is 66.0 Å². The third-order valence-corrected chi connectivity index (χ3v) is 5.47. The smallest absolute Gasteiger partial charge is 0.166 e. The molecule has 1 fully saturated rings. The van der Waals surface area contributed by atoms with Crippen LogP contribution < -0.4 is 10.6 Å². The van der Waals surface area contributed by atoms with Crippen LogP contribution in [0.2, 0.25) is 0 Å². The van der Waals surface area contributed by atoms with Crippen molar-refractivity contribution in [1.29, 1.82) is 0 Å². The lowest BCUT2D eigenvalue weighted by Gasteiger charge is -2.47. The molecule has 1 aliphatic carbocycles. The van der Waals surface area contributed by atoms with Crippen LogP contribution in [0.15, 0.2) is 0 Å². The molecular formula is C19H38N2S. The quantitative estimate of drug-likeness (QED) is 0.703. The zero-order chi connectivity index (χ0) is 17.1. The van der Waals surface area contributed by atoms with Crippen molar-refractivity contribution in [2.24, 2.45) is 23.2 Å². The van der Waals surface area contributed by atoms with Gasteiger partial charge < -0.3 is 10.6 Å². The largest absolute Gasteiger partial charge is 0.359 e. The summed E-state index contributed by atoms with van der Waals surface area (Å²) >= 11 is 5.57. The molecule has 2 N–H and O–H groups in total. The van der Waals surface area contributed by atoms with Crippen LogP contribution in [0.5, 0.6) is 0 Å². The molecular weight excluding hydrogens is 288 g/mol. The average Bonchev–Trinajstić information content (AvgIpc) is 2.35. The lowest BCUT2D eigenvalue weighted by Crippen LogP contribution is -2.55. The van der Waals surface area contributed by atoms with E-state index in [0.29, 0.717) is 11.5 Å². The summed E-state index contributed by atoms with van der Waals surface area (Å²) in [5.41, 5.74) is 0.437. The molecule has 0 aromatic carbocycles. The van der Waals surface area contributed by atoms with Crippen LogP contribution >= 0.6 is 12.2 Å². The first-order valence-electron chi connectivity index (χ1n) is 9.06. The van der Waals surface area contributed by atoms with Crippen molar-refractivity contribution in [2.45, 2.75) is 92.7 Å². The van der Waals surface area contributed by atoms with Gasteiger partial charge >= 0.3 is 0 Å². The van der Waals surface area contributed by atoms with E-state index in [1.54, 1.807) is 0 Å². The van der Waals surface area contributed by atoms with Crippen LogP contribution in [0.1, 0.15) is 81.1 Å². The molecule has 0 amide bonds. The van der Waals surface area contributed by atoms with Crippen molar-refractivity contribution in [2.75, 3.05) is 0 Å². The minimum Gasteiger partial charge on any atom is -0.359 e. The first kappa shape index (κ1) is 19.7. The maximum atomic E-state index is 5.57. The number of hydrogen-bond acceptors (Lipinski definition) is 1. The van der Waals surface area contributed by atoms with Gasteiger partial charge in [-0.05, 0) is 69.0 Å². The van der Waals surface area contributed by atoms with Gasteiger partial charge in [0, 0.05) is 11.6 Å². The maximum Gasteiger partial charge on any atom is 0.166 e. The Balaban J connectivity index is 2.82.